The van der Waals surface area contributed by atoms with E-state index in [1.807, 2.05) is 0 Å². The quantitative estimate of drug-likeness (QED) is 0.797. The second-order valence-corrected chi connectivity index (χ2v) is 9.03. The van der Waals surface area contributed by atoms with Gasteiger partial charge in [-0.3, -0.25) is 0 Å². The van der Waals surface area contributed by atoms with Crippen LogP contribution in [-0.2, 0) is 5.41 Å². The molecule has 2 aliphatic rings. The molecule has 0 amide bonds. The molecule has 1 saturated carbocycles. The number of hydrogen-bond donors (Lipinski definition) is 2. The first-order chi connectivity index (χ1) is 11.1. The number of methoxy groups -OCH3 is 1. The van der Waals surface area contributed by atoms with Crippen LogP contribution in [0, 0.1) is 11.3 Å². The number of aromatic hydroxyl groups is 1. The van der Waals surface area contributed by atoms with Crippen LogP contribution in [0.15, 0.2) is 6.07 Å². The number of rotatable bonds is 2. The topological polar surface area (TPSA) is 49.7 Å². The Bertz CT molecular complexity index is 647. The molecule has 0 aromatic heterocycles. The normalized spacial score (nSPS) is 31.5. The van der Waals surface area contributed by atoms with Crippen molar-refractivity contribution in [1.82, 2.24) is 0 Å². The molecule has 134 valence electrons. The maximum Gasteiger partial charge on any atom is 0.164 e. The zero-order chi connectivity index (χ0) is 17.9. The molecule has 1 aromatic carbocycles. The zero-order valence-electron chi connectivity index (χ0n) is 15.9. The van der Waals surface area contributed by atoms with Crippen molar-refractivity contribution in [2.75, 3.05) is 7.11 Å². The van der Waals surface area contributed by atoms with Crippen molar-refractivity contribution in [3.8, 4) is 11.5 Å². The molecule has 0 saturated heterocycles. The molecular weight excluding hydrogens is 300 g/mol. The molecule has 1 aromatic rings. The van der Waals surface area contributed by atoms with Gasteiger partial charge in [0.05, 0.1) is 13.2 Å². The van der Waals surface area contributed by atoms with Crippen molar-refractivity contribution < 1.29 is 14.9 Å². The van der Waals surface area contributed by atoms with Gasteiger partial charge in [-0.15, -0.1) is 0 Å². The van der Waals surface area contributed by atoms with E-state index in [-0.39, 0.29) is 22.5 Å². The summed E-state index contributed by atoms with van der Waals surface area (Å²) in [6.07, 6.45) is 3.66. The predicted molar refractivity (Wildman–Crippen MR) is 96.8 cm³/mol. The fourth-order valence-corrected chi connectivity index (χ4v) is 5.55. The van der Waals surface area contributed by atoms with Gasteiger partial charge in [0.2, 0.25) is 0 Å². The second-order valence-electron chi connectivity index (χ2n) is 9.03. The summed E-state index contributed by atoms with van der Waals surface area (Å²) in [5.41, 5.74) is 2.88. The Labute approximate surface area is 146 Å². The van der Waals surface area contributed by atoms with Crippen molar-refractivity contribution in [2.45, 2.75) is 77.7 Å². The van der Waals surface area contributed by atoms with Gasteiger partial charge in [0.1, 0.15) is 0 Å². The van der Waals surface area contributed by atoms with Crippen LogP contribution < -0.4 is 4.74 Å². The van der Waals surface area contributed by atoms with E-state index in [9.17, 15) is 10.2 Å². The summed E-state index contributed by atoms with van der Waals surface area (Å²) in [6.45, 7) is 11.1. The standard InChI is InChI=1S/C21H32O3/c1-12(2)13-10-14-15(22)11-16-20(3,4)8-7-9-21(16,5)17(14)18(23)19(13)24-6/h10,12,15-16,22-23H,7-9,11H2,1-6H3/t15-,16?,21-/m0/s1. The van der Waals surface area contributed by atoms with Gasteiger partial charge in [0.15, 0.2) is 11.5 Å². The fourth-order valence-electron chi connectivity index (χ4n) is 5.55. The summed E-state index contributed by atoms with van der Waals surface area (Å²) >= 11 is 0. The van der Waals surface area contributed by atoms with Crippen LogP contribution in [0.1, 0.15) is 89.0 Å². The van der Waals surface area contributed by atoms with Crippen LogP contribution in [0.4, 0.5) is 0 Å². The molecule has 0 spiro atoms. The van der Waals surface area contributed by atoms with Crippen LogP contribution in [0.5, 0.6) is 11.5 Å². The highest BCUT2D eigenvalue weighted by Crippen LogP contribution is 2.62. The largest absolute Gasteiger partial charge is 0.504 e. The van der Waals surface area contributed by atoms with Gasteiger partial charge in [0.25, 0.3) is 0 Å². The van der Waals surface area contributed by atoms with Crippen LogP contribution in [0.25, 0.3) is 0 Å². The number of phenolic OH excluding ortho intramolecular Hbond substituents is 1. The summed E-state index contributed by atoms with van der Waals surface area (Å²) in [4.78, 5) is 0. The Morgan fingerprint density at radius 3 is 2.46 bits per heavy atom. The summed E-state index contributed by atoms with van der Waals surface area (Å²) < 4.78 is 5.58. The number of aliphatic hydroxyl groups is 1. The van der Waals surface area contributed by atoms with Crippen molar-refractivity contribution >= 4 is 0 Å². The first-order valence-corrected chi connectivity index (χ1v) is 9.25. The molecule has 2 aliphatic carbocycles. The molecule has 1 fully saturated rings. The van der Waals surface area contributed by atoms with Crippen LogP contribution in [-0.4, -0.2) is 17.3 Å². The van der Waals surface area contributed by atoms with Gasteiger partial charge in [-0.25, -0.2) is 0 Å². The lowest BCUT2D eigenvalue weighted by Gasteiger charge is -2.55. The maximum absolute atomic E-state index is 11.1. The van der Waals surface area contributed by atoms with Gasteiger partial charge in [-0.2, -0.15) is 0 Å². The van der Waals surface area contributed by atoms with E-state index in [4.69, 9.17) is 4.74 Å². The first kappa shape index (κ1) is 17.6. The number of fused-ring (bicyclic) bond motifs is 3. The molecule has 24 heavy (non-hydrogen) atoms. The zero-order valence-corrected chi connectivity index (χ0v) is 15.9. The molecular formula is C21H32O3. The number of phenols is 1. The molecule has 0 radical (unpaired) electrons. The highest BCUT2D eigenvalue weighted by Gasteiger charge is 2.53. The Morgan fingerprint density at radius 2 is 1.88 bits per heavy atom. The maximum atomic E-state index is 11.1. The molecule has 1 unspecified atom stereocenters. The van der Waals surface area contributed by atoms with Crippen molar-refractivity contribution in [3.63, 3.8) is 0 Å². The number of ether oxygens (including phenoxy) is 1. The van der Waals surface area contributed by atoms with Gasteiger partial charge in [-0.1, -0.05) is 41.0 Å². The van der Waals surface area contributed by atoms with Gasteiger partial charge < -0.3 is 14.9 Å². The van der Waals surface area contributed by atoms with E-state index in [2.05, 4.69) is 40.7 Å². The van der Waals surface area contributed by atoms with Gasteiger partial charge in [-0.05, 0) is 48.1 Å². The third-order valence-electron chi connectivity index (χ3n) is 6.76. The molecule has 3 atom stereocenters. The van der Waals surface area contributed by atoms with Crippen LogP contribution >= 0.6 is 0 Å². The van der Waals surface area contributed by atoms with E-state index < -0.39 is 6.10 Å². The molecule has 2 N–H and O–H groups in total. The minimum Gasteiger partial charge on any atom is -0.504 e. The van der Waals surface area contributed by atoms with E-state index >= 15 is 0 Å². The average molecular weight is 332 g/mol. The van der Waals surface area contributed by atoms with Crippen LogP contribution in [0.2, 0.25) is 0 Å². The van der Waals surface area contributed by atoms with E-state index in [1.165, 1.54) is 6.42 Å². The predicted octanol–water partition coefficient (Wildman–Crippen LogP) is 5.05. The lowest BCUT2D eigenvalue weighted by Crippen LogP contribution is -2.48. The van der Waals surface area contributed by atoms with Crippen molar-refractivity contribution in [3.05, 3.63) is 22.8 Å². The number of hydrogen-bond acceptors (Lipinski definition) is 3. The molecule has 3 nitrogen and oxygen atoms in total. The molecule has 3 rings (SSSR count). The van der Waals surface area contributed by atoms with Crippen molar-refractivity contribution in [2.24, 2.45) is 11.3 Å². The summed E-state index contributed by atoms with van der Waals surface area (Å²) in [6, 6.07) is 2.08. The monoisotopic (exact) mass is 332 g/mol. The Kier molecular flexibility index (Phi) is 4.15. The number of aliphatic hydroxyl groups excluding tert-OH is 1. The molecule has 0 heterocycles. The minimum atomic E-state index is -0.509. The summed E-state index contributed by atoms with van der Waals surface area (Å²) in [5.74, 6) is 1.43. The van der Waals surface area contributed by atoms with E-state index in [0.29, 0.717) is 11.7 Å². The highest BCUT2D eigenvalue weighted by molar-refractivity contribution is 5.60. The smallest absolute Gasteiger partial charge is 0.164 e. The third-order valence-corrected chi connectivity index (χ3v) is 6.76. The first-order valence-electron chi connectivity index (χ1n) is 9.25. The Hall–Kier alpha value is -1.22. The summed E-state index contributed by atoms with van der Waals surface area (Å²) in [5, 5.41) is 22.0. The van der Waals surface area contributed by atoms with Gasteiger partial charge >= 0.3 is 0 Å². The average Bonchev–Trinajstić information content (AvgIpc) is 2.48. The highest BCUT2D eigenvalue weighted by atomic mass is 16.5. The second kappa shape index (κ2) is 5.66. The lowest BCUT2D eigenvalue weighted by atomic mass is 9.49. The molecule has 0 bridgehead atoms. The van der Waals surface area contributed by atoms with E-state index in [1.54, 1.807) is 7.11 Å². The fraction of sp³-hybridized carbons (Fsp3) is 0.714. The van der Waals surface area contributed by atoms with Crippen molar-refractivity contribution in [1.29, 1.82) is 0 Å². The van der Waals surface area contributed by atoms with Gasteiger partial charge in [0, 0.05) is 16.5 Å². The molecule has 0 aliphatic heterocycles. The molecule has 3 heteroatoms. The third kappa shape index (κ3) is 2.35. The van der Waals surface area contributed by atoms with Crippen LogP contribution in [0.3, 0.4) is 0 Å². The van der Waals surface area contributed by atoms with E-state index in [0.717, 1.165) is 36.0 Å². The summed E-state index contributed by atoms with van der Waals surface area (Å²) in [7, 11) is 1.62. The Balaban J connectivity index is 2.28. The SMILES string of the molecule is COc1c(C(C)C)cc2c(c1O)[C@@]1(C)CCCC(C)(C)C1C[C@@H]2O. The Morgan fingerprint density at radius 1 is 1.21 bits per heavy atom. The lowest BCUT2D eigenvalue weighted by molar-refractivity contribution is -0.00817. The number of benzene rings is 1. The minimum absolute atomic E-state index is 0.108.